The third-order valence-electron chi connectivity index (χ3n) is 4.71. The summed E-state index contributed by atoms with van der Waals surface area (Å²) in [6.07, 6.45) is 4.15. The van der Waals surface area contributed by atoms with Crippen LogP contribution in [0.2, 0.25) is 0 Å². The molecule has 1 amide bonds. The van der Waals surface area contributed by atoms with Gasteiger partial charge in [-0.15, -0.1) is 0 Å². The summed E-state index contributed by atoms with van der Waals surface area (Å²) in [5.41, 5.74) is 4.88. The van der Waals surface area contributed by atoms with Crippen LogP contribution in [0.1, 0.15) is 52.4 Å². The van der Waals surface area contributed by atoms with E-state index in [9.17, 15) is 14.7 Å². The Hall–Kier alpha value is -1.10. The molecule has 0 aliphatic carbocycles. The summed E-state index contributed by atoms with van der Waals surface area (Å²) in [5.74, 6) is -0.0878. The maximum absolute atomic E-state index is 12.1. The molecule has 20 heavy (non-hydrogen) atoms. The fourth-order valence-corrected chi connectivity index (χ4v) is 2.86. The smallest absolute Gasteiger partial charge is 0.309 e. The van der Waals surface area contributed by atoms with Gasteiger partial charge >= 0.3 is 5.97 Å². The van der Waals surface area contributed by atoms with Crippen molar-refractivity contribution in [1.82, 2.24) is 4.90 Å². The number of aliphatic carboxylic acids is 1. The monoisotopic (exact) mass is 284 g/mol. The molecule has 1 atom stereocenters. The van der Waals surface area contributed by atoms with Crippen LogP contribution in [0, 0.1) is 11.3 Å². The molecule has 0 radical (unpaired) electrons. The molecular weight excluding hydrogens is 256 g/mol. The maximum Gasteiger partial charge on any atom is 0.309 e. The SMILES string of the molecule is CCC1(C(=O)O)CCN(C(=O)CCC(C)CCN)CC1. The molecule has 1 fully saturated rings. The average Bonchev–Trinajstić information content (AvgIpc) is 2.45. The molecule has 1 saturated heterocycles. The second-order valence-electron chi connectivity index (χ2n) is 6.04. The first-order valence-corrected chi connectivity index (χ1v) is 7.66. The molecule has 5 heteroatoms. The van der Waals surface area contributed by atoms with Gasteiger partial charge in [0, 0.05) is 19.5 Å². The summed E-state index contributed by atoms with van der Waals surface area (Å²) >= 11 is 0. The zero-order valence-corrected chi connectivity index (χ0v) is 12.7. The molecule has 1 rings (SSSR count). The number of carboxylic acids is 1. The van der Waals surface area contributed by atoms with Gasteiger partial charge in [-0.3, -0.25) is 9.59 Å². The van der Waals surface area contributed by atoms with Crippen molar-refractivity contribution < 1.29 is 14.7 Å². The summed E-state index contributed by atoms with van der Waals surface area (Å²) in [6, 6.07) is 0. The van der Waals surface area contributed by atoms with Crippen molar-refractivity contribution >= 4 is 11.9 Å². The molecule has 3 N–H and O–H groups in total. The Balaban J connectivity index is 2.41. The summed E-state index contributed by atoms with van der Waals surface area (Å²) in [5, 5.41) is 9.33. The molecule has 1 heterocycles. The van der Waals surface area contributed by atoms with Crippen LogP contribution < -0.4 is 5.73 Å². The van der Waals surface area contributed by atoms with Gasteiger partial charge < -0.3 is 15.7 Å². The van der Waals surface area contributed by atoms with Crippen LogP contribution in [0.4, 0.5) is 0 Å². The summed E-state index contributed by atoms with van der Waals surface area (Å²) in [6.45, 7) is 5.84. The largest absolute Gasteiger partial charge is 0.481 e. The van der Waals surface area contributed by atoms with Crippen LogP contribution in [0.5, 0.6) is 0 Å². The van der Waals surface area contributed by atoms with Crippen molar-refractivity contribution in [3.63, 3.8) is 0 Å². The number of hydrogen-bond donors (Lipinski definition) is 2. The zero-order valence-electron chi connectivity index (χ0n) is 12.7. The Bertz CT molecular complexity index is 336. The number of carbonyl (C=O) groups is 2. The van der Waals surface area contributed by atoms with Gasteiger partial charge in [-0.25, -0.2) is 0 Å². The summed E-state index contributed by atoms with van der Waals surface area (Å²) in [4.78, 5) is 25.3. The molecular formula is C15H28N2O3. The Labute approximate surface area is 121 Å². The van der Waals surface area contributed by atoms with Crippen molar-refractivity contribution in [2.24, 2.45) is 17.1 Å². The Kier molecular flexibility index (Phi) is 6.46. The number of amides is 1. The van der Waals surface area contributed by atoms with Crippen LogP contribution in [0.15, 0.2) is 0 Å². The summed E-state index contributed by atoms with van der Waals surface area (Å²) in [7, 11) is 0. The molecule has 0 aromatic rings. The van der Waals surface area contributed by atoms with Gasteiger partial charge in [0.25, 0.3) is 0 Å². The van der Waals surface area contributed by atoms with Crippen molar-refractivity contribution in [2.45, 2.75) is 52.4 Å². The van der Waals surface area contributed by atoms with E-state index in [2.05, 4.69) is 6.92 Å². The molecule has 0 spiro atoms. The lowest BCUT2D eigenvalue weighted by atomic mass is 9.76. The predicted octanol–water partition coefficient (Wildman–Crippen LogP) is 1.85. The van der Waals surface area contributed by atoms with Crippen LogP contribution >= 0.6 is 0 Å². The molecule has 1 aliphatic rings. The van der Waals surface area contributed by atoms with Gasteiger partial charge in [0.15, 0.2) is 0 Å². The second kappa shape index (κ2) is 7.62. The number of nitrogens with two attached hydrogens (primary N) is 1. The van der Waals surface area contributed by atoms with E-state index in [1.165, 1.54) is 0 Å². The lowest BCUT2D eigenvalue weighted by Crippen LogP contribution is -2.46. The molecule has 0 aromatic heterocycles. The van der Waals surface area contributed by atoms with E-state index in [1.807, 2.05) is 11.8 Å². The van der Waals surface area contributed by atoms with Gasteiger partial charge in [0.05, 0.1) is 5.41 Å². The average molecular weight is 284 g/mol. The Morgan fingerprint density at radius 2 is 1.90 bits per heavy atom. The number of likely N-dealkylation sites (tertiary alicyclic amines) is 1. The molecule has 0 aromatic carbocycles. The van der Waals surface area contributed by atoms with E-state index < -0.39 is 11.4 Å². The van der Waals surface area contributed by atoms with Gasteiger partial charge in [-0.2, -0.15) is 0 Å². The number of piperidine rings is 1. The quantitative estimate of drug-likeness (QED) is 0.747. The zero-order chi connectivity index (χ0) is 15.2. The van der Waals surface area contributed by atoms with Crippen molar-refractivity contribution in [3.05, 3.63) is 0 Å². The van der Waals surface area contributed by atoms with E-state index in [0.29, 0.717) is 51.2 Å². The highest BCUT2D eigenvalue weighted by Crippen LogP contribution is 2.35. The fourth-order valence-electron chi connectivity index (χ4n) is 2.86. The molecule has 1 unspecified atom stereocenters. The Morgan fingerprint density at radius 1 is 1.30 bits per heavy atom. The lowest BCUT2D eigenvalue weighted by molar-refractivity contribution is -0.154. The minimum Gasteiger partial charge on any atom is -0.481 e. The van der Waals surface area contributed by atoms with Gasteiger partial charge in [0.2, 0.25) is 5.91 Å². The molecule has 5 nitrogen and oxygen atoms in total. The standard InChI is InChI=1S/C15H28N2O3/c1-3-15(14(19)20)7-10-17(11-8-15)13(18)5-4-12(2)6-9-16/h12H,3-11,16H2,1-2H3,(H,19,20). The molecule has 0 saturated carbocycles. The molecule has 1 aliphatic heterocycles. The number of rotatable bonds is 7. The van der Waals surface area contributed by atoms with Gasteiger partial charge in [-0.05, 0) is 44.6 Å². The van der Waals surface area contributed by atoms with Crippen LogP contribution in [0.3, 0.4) is 0 Å². The number of carbonyl (C=O) groups excluding carboxylic acids is 1. The first-order valence-electron chi connectivity index (χ1n) is 7.66. The molecule has 0 bridgehead atoms. The number of carboxylic acid groups (broad SMARTS) is 1. The Morgan fingerprint density at radius 3 is 2.35 bits per heavy atom. The second-order valence-corrected chi connectivity index (χ2v) is 6.04. The van der Waals surface area contributed by atoms with Crippen molar-refractivity contribution in [1.29, 1.82) is 0 Å². The van der Waals surface area contributed by atoms with E-state index in [4.69, 9.17) is 5.73 Å². The molecule has 116 valence electrons. The van der Waals surface area contributed by atoms with E-state index in [1.54, 1.807) is 0 Å². The maximum atomic E-state index is 12.1. The van der Waals surface area contributed by atoms with Gasteiger partial charge in [-0.1, -0.05) is 13.8 Å². The predicted molar refractivity (Wildman–Crippen MR) is 78.2 cm³/mol. The minimum absolute atomic E-state index is 0.156. The minimum atomic E-state index is -0.719. The van der Waals surface area contributed by atoms with Crippen LogP contribution in [-0.2, 0) is 9.59 Å². The first-order chi connectivity index (χ1) is 9.45. The van der Waals surface area contributed by atoms with Crippen molar-refractivity contribution in [2.75, 3.05) is 19.6 Å². The highest BCUT2D eigenvalue weighted by Gasteiger charge is 2.40. The lowest BCUT2D eigenvalue weighted by Gasteiger charge is -2.38. The third kappa shape index (κ3) is 4.20. The normalized spacial score (nSPS) is 19.6. The van der Waals surface area contributed by atoms with Crippen LogP contribution in [-0.4, -0.2) is 41.5 Å². The fraction of sp³-hybridized carbons (Fsp3) is 0.867. The number of nitrogens with zero attached hydrogens (tertiary/aromatic N) is 1. The topological polar surface area (TPSA) is 83.6 Å². The highest BCUT2D eigenvalue weighted by atomic mass is 16.4. The van der Waals surface area contributed by atoms with Crippen LogP contribution in [0.25, 0.3) is 0 Å². The van der Waals surface area contributed by atoms with E-state index in [-0.39, 0.29) is 5.91 Å². The van der Waals surface area contributed by atoms with E-state index >= 15 is 0 Å². The van der Waals surface area contributed by atoms with E-state index in [0.717, 1.165) is 12.8 Å². The number of hydrogen-bond acceptors (Lipinski definition) is 3. The first kappa shape index (κ1) is 17.0. The highest BCUT2D eigenvalue weighted by molar-refractivity contribution is 5.78. The summed E-state index contributed by atoms with van der Waals surface area (Å²) < 4.78 is 0. The van der Waals surface area contributed by atoms with Crippen molar-refractivity contribution in [3.8, 4) is 0 Å². The third-order valence-corrected chi connectivity index (χ3v) is 4.71. The van der Waals surface area contributed by atoms with Gasteiger partial charge in [0.1, 0.15) is 0 Å².